The van der Waals surface area contributed by atoms with E-state index in [0.29, 0.717) is 6.42 Å². The smallest absolute Gasteiger partial charge is 0.171 e. The van der Waals surface area contributed by atoms with E-state index in [1.165, 1.54) is 0 Å². The van der Waals surface area contributed by atoms with Gasteiger partial charge in [0.15, 0.2) is 0 Å². The average molecular weight is 202 g/mol. The van der Waals surface area contributed by atoms with Gasteiger partial charge in [0.2, 0.25) is 0 Å². The van der Waals surface area contributed by atoms with Gasteiger partial charge in [-0.25, -0.2) is 0 Å². The van der Waals surface area contributed by atoms with Gasteiger partial charge in [-0.1, -0.05) is 37.3 Å². The van der Waals surface area contributed by atoms with E-state index >= 15 is 0 Å². The summed E-state index contributed by atoms with van der Waals surface area (Å²) in [6.07, 6.45) is -4.27. The third-order valence-electron chi connectivity index (χ3n) is 2.01. The lowest BCUT2D eigenvalue weighted by Crippen LogP contribution is -2.14. The fourth-order valence-corrected chi connectivity index (χ4v) is 1.48. The van der Waals surface area contributed by atoms with Gasteiger partial charge in [-0.05, 0) is 17.9 Å². The van der Waals surface area contributed by atoms with Crippen molar-refractivity contribution in [2.75, 3.05) is 0 Å². The molecule has 3 heteroatoms. The van der Waals surface area contributed by atoms with Crippen LogP contribution in [0.2, 0.25) is 0 Å². The average Bonchev–Trinajstić information content (AvgIpc) is 2.02. The second-order valence-corrected chi connectivity index (χ2v) is 3.61. The third kappa shape index (κ3) is 4.30. The minimum absolute atomic E-state index is 0.350. The molecule has 0 aliphatic heterocycles. The van der Waals surface area contributed by atoms with Crippen LogP contribution in [0.5, 0.6) is 0 Å². The molecule has 1 aromatic carbocycles. The summed E-state index contributed by atoms with van der Waals surface area (Å²) in [6.45, 7) is 1.63. The molecule has 0 fully saturated rings. The molecule has 0 radical (unpaired) electrons. The molecule has 14 heavy (non-hydrogen) atoms. The summed E-state index contributed by atoms with van der Waals surface area (Å²) in [5.74, 6) is -0.350. The minimum atomic E-state index is -4.05. The molecule has 1 aromatic rings. The van der Waals surface area contributed by atoms with Crippen LogP contribution in [0.1, 0.15) is 18.9 Å². The van der Waals surface area contributed by atoms with Crippen LogP contribution in [0, 0.1) is 5.92 Å². The van der Waals surface area contributed by atoms with Gasteiger partial charge in [0, 0.05) is 6.42 Å². The highest BCUT2D eigenvalue weighted by atomic mass is 19.4. The van der Waals surface area contributed by atoms with Crippen LogP contribution in [0.3, 0.4) is 0 Å². The summed E-state index contributed by atoms with van der Waals surface area (Å²) in [5, 5.41) is 0. The van der Waals surface area contributed by atoms with Crippen LogP contribution < -0.4 is 0 Å². The number of hydrogen-bond acceptors (Lipinski definition) is 0. The quantitative estimate of drug-likeness (QED) is 0.699. The van der Waals surface area contributed by atoms with Gasteiger partial charge in [-0.2, -0.15) is 13.2 Å². The Kier molecular flexibility index (Phi) is 3.55. The summed E-state index contributed by atoms with van der Waals surface area (Å²) in [5.41, 5.74) is 0.962. The lowest BCUT2D eigenvalue weighted by atomic mass is 9.98. The van der Waals surface area contributed by atoms with Crippen molar-refractivity contribution in [3.05, 3.63) is 35.9 Å². The molecule has 1 unspecified atom stereocenters. The van der Waals surface area contributed by atoms with Crippen molar-refractivity contribution in [1.29, 1.82) is 0 Å². The summed E-state index contributed by atoms with van der Waals surface area (Å²) in [4.78, 5) is 0. The fraction of sp³-hybridized carbons (Fsp3) is 0.455. The SMILES string of the molecule is CC(Cc1ccccc1)CC(F)(F)F. The van der Waals surface area contributed by atoms with E-state index in [-0.39, 0.29) is 5.92 Å². The molecule has 0 bridgehead atoms. The number of hydrogen-bond donors (Lipinski definition) is 0. The van der Waals surface area contributed by atoms with Gasteiger partial charge < -0.3 is 0 Å². The summed E-state index contributed by atoms with van der Waals surface area (Å²) >= 11 is 0. The summed E-state index contributed by atoms with van der Waals surface area (Å²) in [7, 11) is 0. The first-order chi connectivity index (χ1) is 6.47. The predicted molar refractivity (Wildman–Crippen MR) is 50.0 cm³/mol. The van der Waals surface area contributed by atoms with Crippen LogP contribution in [0.15, 0.2) is 30.3 Å². The Hall–Kier alpha value is -0.990. The van der Waals surface area contributed by atoms with Crippen molar-refractivity contribution < 1.29 is 13.2 Å². The van der Waals surface area contributed by atoms with E-state index in [1.807, 2.05) is 30.3 Å². The molecule has 78 valence electrons. The van der Waals surface area contributed by atoms with Crippen LogP contribution in [-0.2, 0) is 6.42 Å². The monoisotopic (exact) mass is 202 g/mol. The molecule has 0 saturated heterocycles. The number of halogens is 3. The molecular formula is C11H13F3. The maximum absolute atomic E-state index is 12.0. The van der Waals surface area contributed by atoms with E-state index in [1.54, 1.807) is 6.92 Å². The molecule has 0 aliphatic carbocycles. The first-order valence-corrected chi connectivity index (χ1v) is 4.58. The largest absolute Gasteiger partial charge is 0.389 e. The number of benzene rings is 1. The summed E-state index contributed by atoms with van der Waals surface area (Å²) < 4.78 is 36.0. The van der Waals surface area contributed by atoms with Crippen molar-refractivity contribution in [1.82, 2.24) is 0 Å². The Morgan fingerprint density at radius 3 is 2.21 bits per heavy atom. The van der Waals surface area contributed by atoms with Crippen molar-refractivity contribution in [2.45, 2.75) is 25.9 Å². The molecule has 1 atom stereocenters. The van der Waals surface area contributed by atoms with E-state index < -0.39 is 12.6 Å². The Bertz CT molecular complexity index is 264. The summed E-state index contributed by atoms with van der Waals surface area (Å²) in [6, 6.07) is 9.25. The maximum atomic E-state index is 12.0. The minimum Gasteiger partial charge on any atom is -0.171 e. The van der Waals surface area contributed by atoms with Crippen molar-refractivity contribution >= 4 is 0 Å². The van der Waals surface area contributed by atoms with Gasteiger partial charge in [0.05, 0.1) is 0 Å². The zero-order valence-electron chi connectivity index (χ0n) is 8.01. The zero-order chi connectivity index (χ0) is 10.6. The standard InChI is InChI=1S/C11H13F3/c1-9(8-11(12,13)14)7-10-5-3-2-4-6-10/h2-6,9H,7-8H2,1H3. The highest BCUT2D eigenvalue weighted by Gasteiger charge is 2.29. The van der Waals surface area contributed by atoms with Crippen molar-refractivity contribution in [2.24, 2.45) is 5.92 Å². The molecule has 1 rings (SSSR count). The Morgan fingerprint density at radius 2 is 1.71 bits per heavy atom. The normalized spacial score (nSPS) is 14.0. The molecule has 0 spiro atoms. The van der Waals surface area contributed by atoms with E-state index in [4.69, 9.17) is 0 Å². The Morgan fingerprint density at radius 1 is 1.14 bits per heavy atom. The van der Waals surface area contributed by atoms with Gasteiger partial charge in [-0.3, -0.25) is 0 Å². The lowest BCUT2D eigenvalue weighted by Gasteiger charge is -2.13. The van der Waals surface area contributed by atoms with E-state index in [2.05, 4.69) is 0 Å². The third-order valence-corrected chi connectivity index (χ3v) is 2.01. The van der Waals surface area contributed by atoms with Crippen LogP contribution in [0.4, 0.5) is 13.2 Å². The van der Waals surface area contributed by atoms with Crippen molar-refractivity contribution in [3.8, 4) is 0 Å². The van der Waals surface area contributed by atoms with Crippen LogP contribution in [-0.4, -0.2) is 6.18 Å². The Labute approximate surface area is 81.8 Å². The number of alkyl halides is 3. The van der Waals surface area contributed by atoms with Crippen molar-refractivity contribution in [3.63, 3.8) is 0 Å². The van der Waals surface area contributed by atoms with Gasteiger partial charge in [0.25, 0.3) is 0 Å². The van der Waals surface area contributed by atoms with Gasteiger partial charge in [0.1, 0.15) is 0 Å². The maximum Gasteiger partial charge on any atom is 0.389 e. The van der Waals surface area contributed by atoms with Crippen LogP contribution >= 0.6 is 0 Å². The van der Waals surface area contributed by atoms with E-state index in [9.17, 15) is 13.2 Å². The highest BCUT2D eigenvalue weighted by molar-refractivity contribution is 5.15. The van der Waals surface area contributed by atoms with E-state index in [0.717, 1.165) is 5.56 Å². The molecule has 0 N–H and O–H groups in total. The van der Waals surface area contributed by atoms with Gasteiger partial charge in [-0.15, -0.1) is 0 Å². The molecule has 0 saturated carbocycles. The first-order valence-electron chi connectivity index (χ1n) is 4.58. The molecule has 0 aromatic heterocycles. The topological polar surface area (TPSA) is 0 Å². The molecule has 0 aliphatic rings. The Balaban J connectivity index is 2.46. The molecule has 0 amide bonds. The van der Waals surface area contributed by atoms with Crippen LogP contribution in [0.25, 0.3) is 0 Å². The second-order valence-electron chi connectivity index (χ2n) is 3.61. The molecule has 0 heterocycles. The zero-order valence-corrected chi connectivity index (χ0v) is 8.01. The first kappa shape index (κ1) is 11.1. The number of rotatable bonds is 3. The predicted octanol–water partition coefficient (Wildman–Crippen LogP) is 3.82. The highest BCUT2D eigenvalue weighted by Crippen LogP contribution is 2.26. The lowest BCUT2D eigenvalue weighted by molar-refractivity contribution is -0.143. The molecule has 0 nitrogen and oxygen atoms in total. The molecular weight excluding hydrogens is 189 g/mol. The fourth-order valence-electron chi connectivity index (χ4n) is 1.48. The van der Waals surface area contributed by atoms with Gasteiger partial charge >= 0.3 is 6.18 Å². The second kappa shape index (κ2) is 4.49.